The van der Waals surface area contributed by atoms with Crippen molar-refractivity contribution in [1.29, 1.82) is 0 Å². The number of carbonyl (C=O) groups excluding carboxylic acids is 1. The first-order valence-electron chi connectivity index (χ1n) is 13.4. The van der Waals surface area contributed by atoms with Crippen molar-refractivity contribution in [3.63, 3.8) is 0 Å². The lowest BCUT2D eigenvalue weighted by Crippen LogP contribution is -2.41. The van der Waals surface area contributed by atoms with Crippen LogP contribution in [0.5, 0.6) is 5.75 Å². The minimum atomic E-state index is -0.269. The molecule has 0 amide bonds. The van der Waals surface area contributed by atoms with E-state index in [2.05, 4.69) is 42.2 Å². The molecule has 0 N–H and O–H groups in total. The number of hydrogen-bond donors (Lipinski definition) is 0. The van der Waals surface area contributed by atoms with Crippen LogP contribution in [0.4, 0.5) is 5.69 Å². The Bertz CT molecular complexity index is 1030. The fraction of sp³-hybridized carbons (Fsp3) is 0.500. The van der Waals surface area contributed by atoms with Gasteiger partial charge in [0.05, 0.1) is 39.6 Å². The van der Waals surface area contributed by atoms with E-state index in [1.54, 1.807) is 0 Å². The molecule has 0 aromatic heterocycles. The summed E-state index contributed by atoms with van der Waals surface area (Å²) in [5.74, 6) is 0.553. The molecule has 2 aliphatic rings. The zero-order valence-electron chi connectivity index (χ0n) is 22.1. The van der Waals surface area contributed by atoms with Crippen molar-refractivity contribution >= 4 is 17.7 Å². The molecule has 2 heterocycles. The van der Waals surface area contributed by atoms with Crippen LogP contribution in [0.1, 0.15) is 38.2 Å². The molecule has 0 unspecified atom stereocenters. The molecule has 0 spiro atoms. The number of anilines is 1. The van der Waals surface area contributed by atoms with Gasteiger partial charge in [0.2, 0.25) is 0 Å². The molecule has 7 heteroatoms. The maximum Gasteiger partial charge on any atom is 0.333 e. The standard InChI is InChI=1S/C30H39NO6/c1-3-4-14-34-15-17-36-27-10-7-23(8-11-27)24-9-12-29-26(19-24)20-25(30(32)33-2)6-5-13-31(29)21-28-22-35-16-18-37-28/h7-12,19-20,28H,3-6,13-18,21-22H2,1-2H3/b25-20+/t28-/m1/s1. The molecular weight excluding hydrogens is 470 g/mol. The molecule has 0 saturated carbocycles. The number of esters is 1. The number of benzene rings is 2. The molecule has 2 aromatic rings. The van der Waals surface area contributed by atoms with Gasteiger partial charge in [0, 0.05) is 31.0 Å². The fourth-order valence-corrected chi connectivity index (χ4v) is 4.66. The lowest BCUT2D eigenvalue weighted by Gasteiger charge is -2.33. The second-order valence-corrected chi connectivity index (χ2v) is 9.39. The number of fused-ring (bicyclic) bond motifs is 1. The Morgan fingerprint density at radius 3 is 2.65 bits per heavy atom. The van der Waals surface area contributed by atoms with Crippen LogP contribution in [0.3, 0.4) is 0 Å². The van der Waals surface area contributed by atoms with Crippen molar-refractivity contribution in [3.05, 3.63) is 53.6 Å². The SMILES string of the molecule is CCCCOCCOc1ccc(-c2ccc3c(c2)/C=C(/C(=O)OC)CCCN3C[C@@H]2COCCO2)cc1. The van der Waals surface area contributed by atoms with Gasteiger partial charge >= 0.3 is 5.97 Å². The van der Waals surface area contributed by atoms with E-state index in [-0.39, 0.29) is 12.1 Å². The molecule has 2 aromatic carbocycles. The first-order valence-corrected chi connectivity index (χ1v) is 13.4. The second-order valence-electron chi connectivity index (χ2n) is 9.39. The van der Waals surface area contributed by atoms with E-state index in [9.17, 15) is 4.79 Å². The van der Waals surface area contributed by atoms with E-state index in [4.69, 9.17) is 23.7 Å². The van der Waals surface area contributed by atoms with Gasteiger partial charge in [-0.3, -0.25) is 0 Å². The van der Waals surface area contributed by atoms with Gasteiger partial charge in [-0.15, -0.1) is 0 Å². The zero-order chi connectivity index (χ0) is 25.9. The van der Waals surface area contributed by atoms with Crippen molar-refractivity contribution in [3.8, 4) is 16.9 Å². The second kappa shape index (κ2) is 14.2. The van der Waals surface area contributed by atoms with Crippen LogP contribution < -0.4 is 9.64 Å². The van der Waals surface area contributed by atoms with Gasteiger partial charge in [-0.2, -0.15) is 0 Å². The molecule has 4 rings (SSSR count). The first-order chi connectivity index (χ1) is 18.2. The number of carbonyl (C=O) groups is 1. The average Bonchev–Trinajstić information content (AvgIpc) is 2.93. The van der Waals surface area contributed by atoms with Crippen LogP contribution >= 0.6 is 0 Å². The van der Waals surface area contributed by atoms with Crippen molar-refractivity contribution in [2.75, 3.05) is 64.7 Å². The van der Waals surface area contributed by atoms with Crippen molar-refractivity contribution < 1.29 is 28.5 Å². The summed E-state index contributed by atoms with van der Waals surface area (Å²) in [6.07, 6.45) is 5.75. The highest BCUT2D eigenvalue weighted by molar-refractivity contribution is 5.95. The molecule has 200 valence electrons. The number of methoxy groups -OCH3 is 1. The predicted molar refractivity (Wildman–Crippen MR) is 145 cm³/mol. The molecule has 0 aliphatic carbocycles. The van der Waals surface area contributed by atoms with Crippen LogP contribution in [0.15, 0.2) is 48.0 Å². The smallest absolute Gasteiger partial charge is 0.333 e. The molecule has 1 atom stereocenters. The predicted octanol–water partition coefficient (Wildman–Crippen LogP) is 5.12. The third-order valence-electron chi connectivity index (χ3n) is 6.65. The minimum absolute atomic E-state index is 0.0364. The molecule has 37 heavy (non-hydrogen) atoms. The van der Waals surface area contributed by atoms with E-state index in [0.29, 0.717) is 45.0 Å². The number of ether oxygens (including phenoxy) is 5. The van der Waals surface area contributed by atoms with Crippen molar-refractivity contribution in [1.82, 2.24) is 0 Å². The maximum absolute atomic E-state index is 12.4. The van der Waals surface area contributed by atoms with Gasteiger partial charge in [0.15, 0.2) is 0 Å². The highest BCUT2D eigenvalue weighted by Gasteiger charge is 2.23. The fourth-order valence-electron chi connectivity index (χ4n) is 4.66. The Kier molecular flexibility index (Phi) is 10.4. The zero-order valence-corrected chi connectivity index (χ0v) is 22.1. The van der Waals surface area contributed by atoms with Gasteiger partial charge in [-0.25, -0.2) is 4.79 Å². The quantitative estimate of drug-likeness (QED) is 0.308. The Hall–Kier alpha value is -2.87. The minimum Gasteiger partial charge on any atom is -0.491 e. The molecule has 7 nitrogen and oxygen atoms in total. The largest absolute Gasteiger partial charge is 0.491 e. The normalized spacial score (nSPS) is 19.2. The number of nitrogens with zero attached hydrogens (tertiary/aromatic N) is 1. The van der Waals surface area contributed by atoms with Crippen LogP contribution in [0.25, 0.3) is 17.2 Å². The van der Waals surface area contributed by atoms with Gasteiger partial charge < -0.3 is 28.6 Å². The molecule has 1 saturated heterocycles. The van der Waals surface area contributed by atoms with Gasteiger partial charge in [0.1, 0.15) is 12.4 Å². The van der Waals surface area contributed by atoms with Gasteiger partial charge in [0.25, 0.3) is 0 Å². The van der Waals surface area contributed by atoms with Crippen LogP contribution in [0.2, 0.25) is 0 Å². The van der Waals surface area contributed by atoms with Crippen molar-refractivity contribution in [2.24, 2.45) is 0 Å². The summed E-state index contributed by atoms with van der Waals surface area (Å²) in [6, 6.07) is 14.5. The third-order valence-corrected chi connectivity index (χ3v) is 6.65. The highest BCUT2D eigenvalue weighted by Crippen LogP contribution is 2.33. The average molecular weight is 510 g/mol. The highest BCUT2D eigenvalue weighted by atomic mass is 16.6. The summed E-state index contributed by atoms with van der Waals surface area (Å²) in [7, 11) is 1.44. The van der Waals surface area contributed by atoms with Crippen LogP contribution in [-0.4, -0.2) is 71.9 Å². The lowest BCUT2D eigenvalue weighted by atomic mass is 9.96. The lowest BCUT2D eigenvalue weighted by molar-refractivity contribution is -0.136. The first kappa shape index (κ1) is 27.2. The Labute approximate surface area is 220 Å². The molecule has 1 fully saturated rings. The summed E-state index contributed by atoms with van der Waals surface area (Å²) in [5.41, 5.74) is 4.94. The summed E-state index contributed by atoms with van der Waals surface area (Å²) in [6.45, 7) is 7.52. The topological polar surface area (TPSA) is 66.5 Å². The molecule has 0 bridgehead atoms. The van der Waals surface area contributed by atoms with E-state index < -0.39 is 0 Å². The Morgan fingerprint density at radius 2 is 1.89 bits per heavy atom. The summed E-state index contributed by atoms with van der Waals surface area (Å²) >= 11 is 0. The Morgan fingerprint density at radius 1 is 1.05 bits per heavy atom. The summed E-state index contributed by atoms with van der Waals surface area (Å²) in [5, 5.41) is 0. The van der Waals surface area contributed by atoms with Crippen molar-refractivity contribution in [2.45, 2.75) is 38.7 Å². The van der Waals surface area contributed by atoms with Gasteiger partial charge in [-0.1, -0.05) is 31.5 Å². The van der Waals surface area contributed by atoms with Gasteiger partial charge in [-0.05, 0) is 66.3 Å². The van der Waals surface area contributed by atoms with E-state index >= 15 is 0 Å². The van der Waals surface area contributed by atoms with E-state index in [0.717, 1.165) is 67.1 Å². The molecule has 2 aliphatic heterocycles. The van der Waals surface area contributed by atoms with E-state index in [1.165, 1.54) is 7.11 Å². The van der Waals surface area contributed by atoms with Crippen LogP contribution in [-0.2, 0) is 23.7 Å². The Balaban J connectivity index is 1.52. The molecular formula is C30H39NO6. The summed E-state index contributed by atoms with van der Waals surface area (Å²) < 4.78 is 28.0. The van der Waals surface area contributed by atoms with Crippen LogP contribution in [0, 0.1) is 0 Å². The monoisotopic (exact) mass is 509 g/mol. The number of hydrogen-bond acceptors (Lipinski definition) is 7. The van der Waals surface area contributed by atoms with E-state index in [1.807, 2.05) is 18.2 Å². The third kappa shape index (κ3) is 7.81. The maximum atomic E-state index is 12.4. The number of rotatable bonds is 11. The molecule has 0 radical (unpaired) electrons. The summed E-state index contributed by atoms with van der Waals surface area (Å²) in [4.78, 5) is 14.8. The number of unbranched alkanes of at least 4 members (excludes halogenated alkanes) is 1.